The maximum Gasteiger partial charge on any atom is 0.146 e. The molecule has 2 aliphatic rings. The van der Waals surface area contributed by atoms with E-state index in [1.165, 1.54) is 43.1 Å². The first kappa shape index (κ1) is 36.5. The average Bonchev–Trinajstić information content (AvgIpc) is 4.02. The summed E-state index contributed by atoms with van der Waals surface area (Å²) in [6.07, 6.45) is 9.72. The molecule has 0 bridgehead atoms. The minimum atomic E-state index is 0.556. The van der Waals surface area contributed by atoms with Gasteiger partial charge in [-0.25, -0.2) is 9.97 Å². The molecule has 1 fully saturated rings. The van der Waals surface area contributed by atoms with E-state index >= 15 is 0 Å². The number of aromatic nitrogens is 6. The number of benzene rings is 4. The SMILES string of the molecule is COc1cc(-c2cc(C)c3nn(C)cc3c2)cc2sc(C3=CCNCC3)nc12.COc1cc(-c2cc(C)c3nn(C)cc3c2)cc2sc(C3CCNCC3)nc12. The topological polar surface area (TPSA) is 104 Å². The summed E-state index contributed by atoms with van der Waals surface area (Å²) in [6, 6.07) is 17.5. The van der Waals surface area contributed by atoms with Crippen molar-refractivity contribution < 1.29 is 9.47 Å². The number of fused-ring (bicyclic) bond motifs is 4. The molecular formula is C44H46N8O2S2. The van der Waals surface area contributed by atoms with Crippen molar-refractivity contribution in [3.8, 4) is 33.8 Å². The number of nitrogens with one attached hydrogen (secondary N) is 2. The van der Waals surface area contributed by atoms with Gasteiger partial charge < -0.3 is 20.1 Å². The Labute approximate surface area is 334 Å². The van der Waals surface area contributed by atoms with Crippen LogP contribution in [0.5, 0.6) is 11.5 Å². The van der Waals surface area contributed by atoms with Crippen LogP contribution in [0.3, 0.4) is 0 Å². The fourth-order valence-corrected chi connectivity index (χ4v) is 10.3. The molecule has 12 heteroatoms. The maximum absolute atomic E-state index is 5.73. The monoisotopic (exact) mass is 782 g/mol. The molecule has 0 radical (unpaired) electrons. The fraction of sp³-hybridized carbons (Fsp3) is 0.318. The summed E-state index contributed by atoms with van der Waals surface area (Å²) in [5.74, 6) is 2.24. The van der Waals surface area contributed by atoms with E-state index in [2.05, 4.69) is 102 Å². The van der Waals surface area contributed by atoms with Crippen molar-refractivity contribution >= 4 is 70.5 Å². The zero-order valence-corrected chi connectivity index (χ0v) is 34.3. The van der Waals surface area contributed by atoms with Crippen molar-refractivity contribution in [2.24, 2.45) is 14.1 Å². The second kappa shape index (κ2) is 15.1. The van der Waals surface area contributed by atoms with Crippen molar-refractivity contribution in [1.29, 1.82) is 0 Å². The molecule has 286 valence electrons. The maximum atomic E-state index is 5.73. The Morgan fingerprint density at radius 2 is 1.20 bits per heavy atom. The highest BCUT2D eigenvalue weighted by Gasteiger charge is 2.22. The van der Waals surface area contributed by atoms with E-state index in [1.807, 2.05) is 34.8 Å². The minimum Gasteiger partial charge on any atom is -0.494 e. The average molecular weight is 783 g/mol. The van der Waals surface area contributed by atoms with Crippen LogP contribution in [0.1, 0.15) is 46.3 Å². The second-order valence-corrected chi connectivity index (χ2v) is 17.0. The first-order valence-corrected chi connectivity index (χ1v) is 20.8. The van der Waals surface area contributed by atoms with Gasteiger partial charge in [-0.1, -0.05) is 6.08 Å². The molecule has 0 amide bonds. The zero-order valence-electron chi connectivity index (χ0n) is 32.7. The van der Waals surface area contributed by atoms with E-state index in [0.717, 1.165) is 105 Å². The summed E-state index contributed by atoms with van der Waals surface area (Å²) >= 11 is 3.57. The Hall–Kier alpha value is -5.14. The van der Waals surface area contributed by atoms with E-state index in [9.17, 15) is 0 Å². The summed E-state index contributed by atoms with van der Waals surface area (Å²) in [5, 5.41) is 20.6. The highest BCUT2D eigenvalue weighted by Crippen LogP contribution is 2.41. The van der Waals surface area contributed by atoms with Gasteiger partial charge in [0.1, 0.15) is 27.5 Å². The van der Waals surface area contributed by atoms with Gasteiger partial charge in [0, 0.05) is 49.7 Å². The highest BCUT2D eigenvalue weighted by atomic mass is 32.1. The number of thiazole rings is 2. The molecule has 56 heavy (non-hydrogen) atoms. The number of nitrogens with zero attached hydrogens (tertiary/aromatic N) is 6. The summed E-state index contributed by atoms with van der Waals surface area (Å²) in [5.41, 5.74) is 12.4. The van der Waals surface area contributed by atoms with Gasteiger partial charge in [-0.3, -0.25) is 9.36 Å². The van der Waals surface area contributed by atoms with Crippen molar-refractivity contribution in [3.63, 3.8) is 0 Å². The summed E-state index contributed by atoms with van der Waals surface area (Å²) < 4.78 is 17.5. The van der Waals surface area contributed by atoms with Crippen molar-refractivity contribution in [1.82, 2.24) is 40.2 Å². The normalized spacial score (nSPS) is 15.1. The van der Waals surface area contributed by atoms with Crippen LogP contribution in [0, 0.1) is 13.8 Å². The first-order chi connectivity index (χ1) is 27.2. The van der Waals surface area contributed by atoms with Gasteiger partial charge in [-0.15, -0.1) is 22.7 Å². The van der Waals surface area contributed by atoms with Crippen molar-refractivity contribution in [2.75, 3.05) is 40.4 Å². The molecule has 2 N–H and O–H groups in total. The third-order valence-corrected chi connectivity index (χ3v) is 13.1. The molecule has 8 aromatic rings. The smallest absolute Gasteiger partial charge is 0.146 e. The zero-order chi connectivity index (χ0) is 38.5. The van der Waals surface area contributed by atoms with Crippen LogP contribution in [0.2, 0.25) is 0 Å². The molecule has 0 saturated carbocycles. The van der Waals surface area contributed by atoms with Gasteiger partial charge in [0.15, 0.2) is 0 Å². The molecule has 2 aliphatic heterocycles. The van der Waals surface area contributed by atoms with Gasteiger partial charge in [-0.05, 0) is 140 Å². The minimum absolute atomic E-state index is 0.556. The molecule has 0 aliphatic carbocycles. The molecule has 10 nitrogen and oxygen atoms in total. The molecule has 4 aromatic heterocycles. The number of rotatable bonds is 6. The van der Waals surface area contributed by atoms with Gasteiger partial charge in [0.05, 0.1) is 39.7 Å². The summed E-state index contributed by atoms with van der Waals surface area (Å²) in [7, 11) is 7.38. The molecule has 0 atom stereocenters. The molecule has 0 unspecified atom stereocenters. The van der Waals surface area contributed by atoms with Crippen LogP contribution < -0.4 is 20.1 Å². The third kappa shape index (κ3) is 6.95. The predicted molar refractivity (Wildman–Crippen MR) is 232 cm³/mol. The van der Waals surface area contributed by atoms with Gasteiger partial charge >= 0.3 is 0 Å². The largest absolute Gasteiger partial charge is 0.494 e. The Bertz CT molecular complexity index is 2780. The number of hydrogen-bond acceptors (Lipinski definition) is 10. The van der Waals surface area contributed by atoms with Crippen molar-refractivity contribution in [2.45, 2.75) is 39.0 Å². The Kier molecular flexibility index (Phi) is 9.82. The van der Waals surface area contributed by atoms with Crippen LogP contribution in [0.25, 0.3) is 70.1 Å². The Morgan fingerprint density at radius 1 is 0.643 bits per heavy atom. The number of ether oxygens (including phenoxy) is 2. The van der Waals surface area contributed by atoms with Crippen LogP contribution in [0.15, 0.2) is 67.0 Å². The highest BCUT2D eigenvalue weighted by molar-refractivity contribution is 7.19. The van der Waals surface area contributed by atoms with E-state index in [4.69, 9.17) is 19.4 Å². The van der Waals surface area contributed by atoms with E-state index in [1.54, 1.807) is 25.6 Å². The molecule has 0 spiro atoms. The molecule has 1 saturated heterocycles. The van der Waals surface area contributed by atoms with E-state index < -0.39 is 0 Å². The first-order valence-electron chi connectivity index (χ1n) is 19.2. The van der Waals surface area contributed by atoms with Gasteiger partial charge in [0.2, 0.25) is 0 Å². The van der Waals surface area contributed by atoms with Crippen LogP contribution >= 0.6 is 22.7 Å². The third-order valence-electron chi connectivity index (χ3n) is 10.9. The Morgan fingerprint density at radius 3 is 1.75 bits per heavy atom. The lowest BCUT2D eigenvalue weighted by Crippen LogP contribution is -2.26. The van der Waals surface area contributed by atoms with E-state index in [0.29, 0.717) is 5.92 Å². The lowest BCUT2D eigenvalue weighted by molar-refractivity contribution is 0.418. The predicted octanol–water partition coefficient (Wildman–Crippen LogP) is 9.18. The van der Waals surface area contributed by atoms with E-state index in [-0.39, 0.29) is 0 Å². The number of methoxy groups -OCH3 is 2. The Balaban J connectivity index is 0.000000146. The number of aryl methyl sites for hydroxylation is 4. The van der Waals surface area contributed by atoms with Crippen LogP contribution in [0.4, 0.5) is 0 Å². The molecule has 10 rings (SSSR count). The van der Waals surface area contributed by atoms with Crippen LogP contribution in [-0.4, -0.2) is 69.9 Å². The van der Waals surface area contributed by atoms with Gasteiger partial charge in [-0.2, -0.15) is 10.2 Å². The lowest BCUT2D eigenvalue weighted by atomic mass is 9.99. The molecule has 6 heterocycles. The second-order valence-electron chi connectivity index (χ2n) is 14.9. The molecule has 4 aromatic carbocycles. The summed E-state index contributed by atoms with van der Waals surface area (Å²) in [4.78, 5) is 9.86. The standard InChI is InChI=1S/C22H24N4OS.C22H22N4OS/c2*1-13-8-15(9-17-12-26(2)25-20(13)17)16-10-18(27-3)21-19(11-16)28-22(24-21)14-4-6-23-7-5-14/h8-12,14,23H,4-7H2,1-3H3;4,8-12,23H,5-7H2,1-3H3. The molecular weight excluding hydrogens is 737 g/mol. The lowest BCUT2D eigenvalue weighted by Gasteiger charge is -2.20. The van der Waals surface area contributed by atoms with Crippen molar-refractivity contribution in [3.05, 3.63) is 88.1 Å². The summed E-state index contributed by atoms with van der Waals surface area (Å²) in [6.45, 7) is 8.31. The van der Waals surface area contributed by atoms with Crippen LogP contribution in [-0.2, 0) is 14.1 Å². The van der Waals surface area contributed by atoms with Gasteiger partial charge in [0.25, 0.3) is 0 Å². The number of hydrogen-bond donors (Lipinski definition) is 2. The number of piperidine rings is 1. The quantitative estimate of drug-likeness (QED) is 0.172. The fourth-order valence-electron chi connectivity index (χ4n) is 8.05.